The Balaban J connectivity index is 1.86. The Morgan fingerprint density at radius 1 is 1.26 bits per heavy atom. The Morgan fingerprint density at radius 3 is 2.63 bits per heavy atom. The number of urea groups is 1. The fourth-order valence-corrected chi connectivity index (χ4v) is 2.63. The molecule has 0 aromatic heterocycles. The second-order valence-corrected chi connectivity index (χ2v) is 5.48. The molecular weight excluding hydrogens is 312 g/mol. The molecule has 2 unspecified atom stereocenters. The Kier molecular flexibility index (Phi) is 4.42. The summed E-state index contributed by atoms with van der Waals surface area (Å²) in [5, 5.41) is 14.4. The van der Waals surface area contributed by atoms with Gasteiger partial charge in [0.25, 0.3) is 0 Å². The first-order chi connectivity index (χ1) is 9.06. The third-order valence-electron chi connectivity index (χ3n) is 3.24. The number of halogens is 1. The van der Waals surface area contributed by atoms with Crippen molar-refractivity contribution in [3.05, 3.63) is 28.7 Å². The van der Waals surface area contributed by atoms with E-state index in [-0.39, 0.29) is 18.0 Å². The maximum Gasteiger partial charge on any atom is 0.319 e. The molecule has 19 heavy (non-hydrogen) atoms. The van der Waals surface area contributed by atoms with Crippen LogP contribution < -0.4 is 10.6 Å². The molecule has 2 amide bonds. The first-order valence-electron chi connectivity index (χ1n) is 6.11. The highest BCUT2D eigenvalue weighted by Gasteiger charge is 2.30. The Bertz CT molecular complexity index is 493. The topological polar surface area (TPSA) is 78.4 Å². The summed E-state index contributed by atoms with van der Waals surface area (Å²) in [5.74, 6) is -1.12. The van der Waals surface area contributed by atoms with Crippen molar-refractivity contribution in [3.63, 3.8) is 0 Å². The highest BCUT2D eigenvalue weighted by molar-refractivity contribution is 9.10. The van der Waals surface area contributed by atoms with E-state index in [1.165, 1.54) is 0 Å². The molecule has 0 saturated heterocycles. The van der Waals surface area contributed by atoms with Crippen molar-refractivity contribution < 1.29 is 14.7 Å². The van der Waals surface area contributed by atoms with Gasteiger partial charge in [-0.25, -0.2) is 4.79 Å². The maximum atomic E-state index is 11.8. The van der Waals surface area contributed by atoms with Crippen molar-refractivity contribution in [2.75, 3.05) is 5.32 Å². The molecule has 1 aromatic rings. The third kappa shape index (κ3) is 3.70. The molecule has 2 atom stereocenters. The van der Waals surface area contributed by atoms with Gasteiger partial charge in [0.1, 0.15) is 0 Å². The summed E-state index contributed by atoms with van der Waals surface area (Å²) in [7, 11) is 0. The van der Waals surface area contributed by atoms with Gasteiger partial charge in [0, 0.05) is 10.5 Å². The number of aliphatic carboxylic acids is 1. The average molecular weight is 327 g/mol. The van der Waals surface area contributed by atoms with Crippen LogP contribution in [0.1, 0.15) is 19.3 Å². The smallest absolute Gasteiger partial charge is 0.319 e. The molecule has 1 aromatic carbocycles. The van der Waals surface area contributed by atoms with Gasteiger partial charge in [-0.05, 0) is 47.3 Å². The molecule has 2 rings (SSSR count). The van der Waals surface area contributed by atoms with Crippen LogP contribution in [-0.4, -0.2) is 23.1 Å². The van der Waals surface area contributed by atoms with E-state index >= 15 is 0 Å². The molecule has 6 heteroatoms. The number of carbonyl (C=O) groups is 2. The molecule has 1 fully saturated rings. The summed E-state index contributed by atoms with van der Waals surface area (Å²) >= 11 is 3.35. The van der Waals surface area contributed by atoms with Gasteiger partial charge in [-0.2, -0.15) is 0 Å². The van der Waals surface area contributed by atoms with Crippen LogP contribution in [0.5, 0.6) is 0 Å². The Hall–Kier alpha value is -1.56. The molecule has 3 N–H and O–H groups in total. The molecule has 0 heterocycles. The number of rotatable bonds is 3. The van der Waals surface area contributed by atoms with Gasteiger partial charge in [0.15, 0.2) is 0 Å². The van der Waals surface area contributed by atoms with Crippen molar-refractivity contribution in [2.45, 2.75) is 25.3 Å². The lowest BCUT2D eigenvalue weighted by atomic mass is 10.1. The number of carboxylic acid groups (broad SMARTS) is 1. The molecule has 1 aliphatic carbocycles. The van der Waals surface area contributed by atoms with Gasteiger partial charge >= 0.3 is 12.0 Å². The normalized spacial score (nSPS) is 21.9. The van der Waals surface area contributed by atoms with Crippen molar-refractivity contribution in [2.24, 2.45) is 5.92 Å². The Morgan fingerprint density at radius 2 is 2.00 bits per heavy atom. The minimum Gasteiger partial charge on any atom is -0.481 e. The van der Waals surface area contributed by atoms with Crippen molar-refractivity contribution in [3.8, 4) is 0 Å². The fraction of sp³-hybridized carbons (Fsp3) is 0.385. The number of hydrogen-bond donors (Lipinski definition) is 3. The molecule has 0 spiro atoms. The van der Waals surface area contributed by atoms with E-state index in [1.54, 1.807) is 6.07 Å². The van der Waals surface area contributed by atoms with E-state index in [1.807, 2.05) is 18.2 Å². The van der Waals surface area contributed by atoms with Crippen LogP contribution in [-0.2, 0) is 4.79 Å². The predicted molar refractivity (Wildman–Crippen MR) is 75.1 cm³/mol. The highest BCUT2D eigenvalue weighted by Crippen LogP contribution is 2.26. The number of para-hydroxylation sites is 1. The number of hydrogen-bond acceptors (Lipinski definition) is 2. The first kappa shape index (κ1) is 13.9. The predicted octanol–water partition coefficient (Wildman–Crippen LogP) is 2.82. The van der Waals surface area contributed by atoms with Crippen molar-refractivity contribution in [1.29, 1.82) is 0 Å². The lowest BCUT2D eigenvalue weighted by Crippen LogP contribution is -2.36. The van der Waals surface area contributed by atoms with Crippen LogP contribution in [0.3, 0.4) is 0 Å². The number of benzene rings is 1. The summed E-state index contributed by atoms with van der Waals surface area (Å²) < 4.78 is 0.806. The second-order valence-electron chi connectivity index (χ2n) is 4.62. The summed E-state index contributed by atoms with van der Waals surface area (Å²) in [4.78, 5) is 22.6. The maximum absolute atomic E-state index is 11.8. The van der Waals surface area contributed by atoms with Crippen LogP contribution in [0.15, 0.2) is 28.7 Å². The van der Waals surface area contributed by atoms with Gasteiger partial charge in [-0.15, -0.1) is 0 Å². The minimum absolute atomic E-state index is 0.0661. The molecule has 102 valence electrons. The fourth-order valence-electron chi connectivity index (χ4n) is 2.24. The van der Waals surface area contributed by atoms with E-state index in [4.69, 9.17) is 5.11 Å². The zero-order chi connectivity index (χ0) is 13.8. The number of anilines is 1. The summed E-state index contributed by atoms with van der Waals surface area (Å²) in [6.07, 6.45) is 1.83. The summed E-state index contributed by atoms with van der Waals surface area (Å²) in [5.41, 5.74) is 0.688. The monoisotopic (exact) mass is 326 g/mol. The first-order valence-corrected chi connectivity index (χ1v) is 6.90. The van der Waals surface area contributed by atoms with Crippen LogP contribution in [0, 0.1) is 5.92 Å². The van der Waals surface area contributed by atoms with E-state index in [2.05, 4.69) is 26.6 Å². The summed E-state index contributed by atoms with van der Waals surface area (Å²) in [6.45, 7) is 0. The van der Waals surface area contributed by atoms with E-state index in [0.717, 1.165) is 4.47 Å². The SMILES string of the molecule is O=C(Nc1ccccc1Br)NC1CCC(C(=O)O)C1. The third-order valence-corrected chi connectivity index (χ3v) is 3.93. The molecule has 1 saturated carbocycles. The van der Waals surface area contributed by atoms with E-state index in [0.29, 0.717) is 24.9 Å². The molecular formula is C13H15BrN2O3. The molecule has 0 bridgehead atoms. The van der Waals surface area contributed by atoms with Crippen molar-refractivity contribution >= 4 is 33.6 Å². The number of nitrogens with one attached hydrogen (secondary N) is 2. The van der Waals surface area contributed by atoms with Gasteiger partial charge < -0.3 is 15.7 Å². The lowest BCUT2D eigenvalue weighted by molar-refractivity contribution is -0.141. The van der Waals surface area contributed by atoms with Crippen LogP contribution in [0.25, 0.3) is 0 Å². The highest BCUT2D eigenvalue weighted by atomic mass is 79.9. The standard InChI is InChI=1S/C13H15BrN2O3/c14-10-3-1-2-4-11(10)16-13(19)15-9-6-5-8(7-9)12(17)18/h1-4,8-9H,5-7H2,(H,17,18)(H2,15,16,19). The van der Waals surface area contributed by atoms with Crippen LogP contribution in [0.4, 0.5) is 10.5 Å². The van der Waals surface area contributed by atoms with Gasteiger partial charge in [0.05, 0.1) is 11.6 Å². The van der Waals surface area contributed by atoms with Crippen molar-refractivity contribution in [1.82, 2.24) is 5.32 Å². The molecule has 0 radical (unpaired) electrons. The van der Waals surface area contributed by atoms with Crippen LogP contribution in [0.2, 0.25) is 0 Å². The minimum atomic E-state index is -0.782. The Labute approximate surface area is 119 Å². The second kappa shape index (κ2) is 6.06. The zero-order valence-corrected chi connectivity index (χ0v) is 11.8. The lowest BCUT2D eigenvalue weighted by Gasteiger charge is -2.14. The summed E-state index contributed by atoms with van der Waals surface area (Å²) in [6, 6.07) is 6.95. The van der Waals surface area contributed by atoms with E-state index in [9.17, 15) is 9.59 Å². The zero-order valence-electron chi connectivity index (χ0n) is 10.2. The largest absolute Gasteiger partial charge is 0.481 e. The number of carbonyl (C=O) groups excluding carboxylic acids is 1. The average Bonchev–Trinajstić information content (AvgIpc) is 2.80. The molecule has 0 aliphatic heterocycles. The molecule has 5 nitrogen and oxygen atoms in total. The quantitative estimate of drug-likeness (QED) is 0.799. The molecule has 1 aliphatic rings. The van der Waals surface area contributed by atoms with Crippen LogP contribution >= 0.6 is 15.9 Å². The van der Waals surface area contributed by atoms with Gasteiger partial charge in [-0.3, -0.25) is 4.79 Å². The van der Waals surface area contributed by atoms with E-state index < -0.39 is 5.97 Å². The van der Waals surface area contributed by atoms with Gasteiger partial charge in [0.2, 0.25) is 0 Å². The van der Waals surface area contributed by atoms with Gasteiger partial charge in [-0.1, -0.05) is 12.1 Å². The number of carboxylic acids is 1. The number of amides is 2.